The number of anilines is 1. The lowest BCUT2D eigenvalue weighted by Gasteiger charge is -2.34. The van der Waals surface area contributed by atoms with Gasteiger partial charge in [0.25, 0.3) is 0 Å². The van der Waals surface area contributed by atoms with Crippen molar-refractivity contribution in [1.29, 1.82) is 0 Å². The zero-order valence-electron chi connectivity index (χ0n) is 17.7. The number of hydrazone groups is 1. The van der Waals surface area contributed by atoms with Gasteiger partial charge in [-0.2, -0.15) is 9.41 Å². The molecule has 0 amide bonds. The van der Waals surface area contributed by atoms with E-state index in [0.717, 1.165) is 5.56 Å². The summed E-state index contributed by atoms with van der Waals surface area (Å²) in [6.45, 7) is 4.42. The molecule has 2 N–H and O–H groups in total. The zero-order chi connectivity index (χ0) is 22.7. The van der Waals surface area contributed by atoms with Gasteiger partial charge in [-0.1, -0.05) is 24.3 Å². The van der Waals surface area contributed by atoms with Gasteiger partial charge in [0.1, 0.15) is 5.75 Å². The molecule has 2 heterocycles. The van der Waals surface area contributed by atoms with Gasteiger partial charge in [0, 0.05) is 24.0 Å². The average Bonchev–Trinajstić information content (AvgIpc) is 3.22. The number of sulfonamides is 1. The standard InChI is InChI=1S/C22H24N4O4S2/c1-15-12-26(13-16(2)30-15)32(28,29)20-8-4-6-18(10-20)21-14-31-22(24-21)25-23-11-17-5-3-7-19(27)9-17/h3-11,14-16,27H,12-13H2,1-2H3,(H,24,25)/b23-11-/t15-,16+. The van der Waals surface area contributed by atoms with Gasteiger partial charge in [-0.3, -0.25) is 5.43 Å². The fraction of sp³-hybridized carbons (Fsp3) is 0.273. The first-order chi connectivity index (χ1) is 15.3. The minimum Gasteiger partial charge on any atom is -0.508 e. The lowest BCUT2D eigenvalue weighted by molar-refractivity contribution is -0.0440. The summed E-state index contributed by atoms with van der Waals surface area (Å²) in [5, 5.41) is 16.1. The summed E-state index contributed by atoms with van der Waals surface area (Å²) in [5.41, 5.74) is 4.98. The second kappa shape index (κ2) is 9.37. The lowest BCUT2D eigenvalue weighted by atomic mass is 10.2. The predicted octanol–water partition coefficient (Wildman–Crippen LogP) is 3.76. The fourth-order valence-electron chi connectivity index (χ4n) is 3.52. The Balaban J connectivity index is 1.50. The first-order valence-corrected chi connectivity index (χ1v) is 12.4. The highest BCUT2D eigenvalue weighted by atomic mass is 32.2. The average molecular weight is 473 g/mol. The van der Waals surface area contributed by atoms with E-state index in [1.807, 2.05) is 31.4 Å². The largest absolute Gasteiger partial charge is 0.508 e. The summed E-state index contributed by atoms with van der Waals surface area (Å²) < 4.78 is 33.5. The van der Waals surface area contributed by atoms with Crippen LogP contribution in [-0.4, -0.2) is 54.3 Å². The summed E-state index contributed by atoms with van der Waals surface area (Å²) >= 11 is 1.36. The van der Waals surface area contributed by atoms with Crippen LogP contribution in [0.25, 0.3) is 11.3 Å². The van der Waals surface area contributed by atoms with E-state index < -0.39 is 10.0 Å². The smallest absolute Gasteiger partial charge is 0.243 e. The molecule has 3 aromatic rings. The molecule has 0 spiro atoms. The fourth-order valence-corrected chi connectivity index (χ4v) is 5.82. The number of ether oxygens (including phenoxy) is 1. The van der Waals surface area contributed by atoms with E-state index in [4.69, 9.17) is 4.74 Å². The third-order valence-electron chi connectivity index (χ3n) is 4.90. The minimum atomic E-state index is -3.63. The monoisotopic (exact) mass is 472 g/mol. The first kappa shape index (κ1) is 22.4. The summed E-state index contributed by atoms with van der Waals surface area (Å²) in [4.78, 5) is 4.74. The highest BCUT2D eigenvalue weighted by Crippen LogP contribution is 2.28. The van der Waals surface area contributed by atoms with Gasteiger partial charge in [-0.15, -0.1) is 11.3 Å². The number of nitrogens with zero attached hydrogens (tertiary/aromatic N) is 3. The topological polar surface area (TPSA) is 104 Å². The number of rotatable bonds is 6. The Morgan fingerprint density at radius 1 is 1.19 bits per heavy atom. The van der Waals surface area contributed by atoms with Crippen molar-refractivity contribution >= 4 is 32.7 Å². The number of phenolic OH excluding ortho intramolecular Hbond substituents is 1. The molecular formula is C22H24N4O4S2. The summed E-state index contributed by atoms with van der Waals surface area (Å²) in [6.07, 6.45) is 1.28. The van der Waals surface area contributed by atoms with Gasteiger partial charge in [0.15, 0.2) is 0 Å². The highest BCUT2D eigenvalue weighted by molar-refractivity contribution is 7.89. The molecule has 10 heteroatoms. The van der Waals surface area contributed by atoms with E-state index in [-0.39, 0.29) is 22.9 Å². The van der Waals surface area contributed by atoms with Crippen molar-refractivity contribution in [1.82, 2.24) is 9.29 Å². The number of aromatic nitrogens is 1. The molecule has 0 aliphatic carbocycles. The summed E-state index contributed by atoms with van der Waals surface area (Å²) in [5.74, 6) is 0.168. The van der Waals surface area contributed by atoms with Gasteiger partial charge in [0.2, 0.25) is 15.2 Å². The van der Waals surface area contributed by atoms with Crippen LogP contribution >= 0.6 is 11.3 Å². The van der Waals surface area contributed by atoms with E-state index in [0.29, 0.717) is 29.5 Å². The molecule has 1 aliphatic rings. The van der Waals surface area contributed by atoms with Crippen LogP contribution in [0.3, 0.4) is 0 Å². The van der Waals surface area contributed by atoms with Crippen LogP contribution in [0.1, 0.15) is 19.4 Å². The molecule has 1 fully saturated rings. The predicted molar refractivity (Wildman–Crippen MR) is 126 cm³/mol. The molecule has 8 nitrogen and oxygen atoms in total. The van der Waals surface area contributed by atoms with Crippen molar-refractivity contribution in [2.75, 3.05) is 18.5 Å². The second-order valence-corrected chi connectivity index (χ2v) is 10.4. The van der Waals surface area contributed by atoms with Crippen molar-refractivity contribution in [3.63, 3.8) is 0 Å². The molecule has 0 saturated carbocycles. The quantitative estimate of drug-likeness (QED) is 0.418. The molecule has 2 aromatic carbocycles. The Bertz CT molecular complexity index is 1220. The molecule has 1 saturated heterocycles. The minimum absolute atomic E-state index is 0.149. The summed E-state index contributed by atoms with van der Waals surface area (Å²) in [7, 11) is -3.63. The number of aromatic hydroxyl groups is 1. The van der Waals surface area contributed by atoms with Crippen molar-refractivity contribution in [2.45, 2.75) is 31.0 Å². The van der Waals surface area contributed by atoms with Crippen molar-refractivity contribution in [3.8, 4) is 17.0 Å². The molecule has 1 aliphatic heterocycles. The third kappa shape index (κ3) is 5.16. The number of benzene rings is 2. The Morgan fingerprint density at radius 2 is 1.94 bits per heavy atom. The number of nitrogens with one attached hydrogen (secondary N) is 1. The van der Waals surface area contributed by atoms with E-state index in [1.54, 1.807) is 42.6 Å². The Morgan fingerprint density at radius 3 is 2.69 bits per heavy atom. The number of hydrogen-bond donors (Lipinski definition) is 2. The Labute approximate surface area is 191 Å². The van der Waals surface area contributed by atoms with Crippen LogP contribution in [0, 0.1) is 0 Å². The molecule has 32 heavy (non-hydrogen) atoms. The highest BCUT2D eigenvalue weighted by Gasteiger charge is 2.32. The van der Waals surface area contributed by atoms with Crippen LogP contribution in [0.4, 0.5) is 5.13 Å². The summed E-state index contributed by atoms with van der Waals surface area (Å²) in [6, 6.07) is 13.6. The molecule has 0 unspecified atom stereocenters. The van der Waals surface area contributed by atoms with Crippen LogP contribution in [0.5, 0.6) is 5.75 Å². The Kier molecular flexibility index (Phi) is 6.56. The molecule has 4 rings (SSSR count). The molecular weight excluding hydrogens is 448 g/mol. The van der Waals surface area contributed by atoms with Crippen LogP contribution in [-0.2, 0) is 14.8 Å². The maximum atomic E-state index is 13.2. The van der Waals surface area contributed by atoms with E-state index >= 15 is 0 Å². The van der Waals surface area contributed by atoms with Gasteiger partial charge >= 0.3 is 0 Å². The second-order valence-electron chi connectivity index (χ2n) is 7.61. The number of morpholine rings is 1. The molecule has 2 atom stereocenters. The molecule has 0 bridgehead atoms. The SMILES string of the molecule is C[C@@H]1CN(S(=O)(=O)c2cccc(-c3csc(N/N=C\c4cccc(O)c4)n3)c2)C[C@H](C)O1. The lowest BCUT2D eigenvalue weighted by Crippen LogP contribution is -2.48. The van der Waals surface area contributed by atoms with Crippen LogP contribution in [0.2, 0.25) is 0 Å². The Hall–Kier alpha value is -2.79. The maximum Gasteiger partial charge on any atom is 0.243 e. The molecule has 168 valence electrons. The number of phenols is 1. The van der Waals surface area contributed by atoms with Gasteiger partial charge in [-0.25, -0.2) is 13.4 Å². The van der Waals surface area contributed by atoms with E-state index in [2.05, 4.69) is 15.5 Å². The molecule has 0 radical (unpaired) electrons. The van der Waals surface area contributed by atoms with Crippen LogP contribution < -0.4 is 5.43 Å². The van der Waals surface area contributed by atoms with Gasteiger partial charge in [0.05, 0.1) is 29.0 Å². The molecule has 1 aromatic heterocycles. The maximum absolute atomic E-state index is 13.2. The van der Waals surface area contributed by atoms with Crippen molar-refractivity contribution in [3.05, 3.63) is 59.5 Å². The number of hydrogen-bond acceptors (Lipinski definition) is 8. The zero-order valence-corrected chi connectivity index (χ0v) is 19.3. The van der Waals surface area contributed by atoms with Gasteiger partial charge < -0.3 is 9.84 Å². The van der Waals surface area contributed by atoms with E-state index in [9.17, 15) is 13.5 Å². The normalized spacial score (nSPS) is 19.9. The third-order valence-corrected chi connectivity index (χ3v) is 7.48. The number of thiazole rings is 1. The van der Waals surface area contributed by atoms with Crippen molar-refractivity contribution < 1.29 is 18.3 Å². The first-order valence-electron chi connectivity index (χ1n) is 10.1. The van der Waals surface area contributed by atoms with Gasteiger partial charge in [-0.05, 0) is 43.7 Å². The van der Waals surface area contributed by atoms with E-state index in [1.165, 1.54) is 15.6 Å². The van der Waals surface area contributed by atoms with Crippen molar-refractivity contribution in [2.24, 2.45) is 5.10 Å². The van der Waals surface area contributed by atoms with Crippen LogP contribution in [0.15, 0.2) is 63.9 Å².